The van der Waals surface area contributed by atoms with Gasteiger partial charge in [0.15, 0.2) is 0 Å². The van der Waals surface area contributed by atoms with Crippen molar-refractivity contribution in [3.05, 3.63) is 29.8 Å². The first-order valence-electron chi connectivity index (χ1n) is 6.19. The summed E-state index contributed by atoms with van der Waals surface area (Å²) < 4.78 is 5.11. The van der Waals surface area contributed by atoms with Crippen LogP contribution in [0.2, 0.25) is 0 Å². The second kappa shape index (κ2) is 7.45. The third kappa shape index (κ3) is 4.65. The molecule has 1 aromatic rings. The number of hydrogen-bond donors (Lipinski definition) is 2. The van der Waals surface area contributed by atoms with E-state index in [9.17, 15) is 4.79 Å². The van der Waals surface area contributed by atoms with Crippen molar-refractivity contribution in [3.8, 4) is 18.1 Å². The maximum absolute atomic E-state index is 11.7. The molecule has 2 N–H and O–H groups in total. The van der Waals surface area contributed by atoms with E-state index in [1.807, 2.05) is 38.1 Å². The van der Waals surface area contributed by atoms with Crippen LogP contribution in [0.5, 0.6) is 5.75 Å². The highest BCUT2D eigenvalue weighted by Gasteiger charge is 2.15. The van der Waals surface area contributed by atoms with Crippen LogP contribution in [0.25, 0.3) is 0 Å². The predicted octanol–water partition coefficient (Wildman–Crippen LogP) is 1.48. The average Bonchev–Trinajstić information content (AvgIpc) is 2.44. The number of rotatable bonds is 6. The molecule has 1 rings (SSSR count). The average molecular weight is 260 g/mol. The quantitative estimate of drug-likeness (QED) is 0.762. The van der Waals surface area contributed by atoms with Crippen molar-refractivity contribution in [3.63, 3.8) is 0 Å². The van der Waals surface area contributed by atoms with Gasteiger partial charge in [-0.15, -0.1) is 6.42 Å². The van der Waals surface area contributed by atoms with Crippen molar-refractivity contribution in [1.82, 2.24) is 10.6 Å². The van der Waals surface area contributed by atoms with Crippen LogP contribution in [0.15, 0.2) is 24.3 Å². The molecule has 1 amide bonds. The Morgan fingerprint density at radius 2 is 2.00 bits per heavy atom. The van der Waals surface area contributed by atoms with Crippen LogP contribution < -0.4 is 15.4 Å². The Hall–Kier alpha value is -1.99. The lowest BCUT2D eigenvalue weighted by atomic mass is 10.1. The Morgan fingerprint density at radius 1 is 1.37 bits per heavy atom. The lowest BCUT2D eigenvalue weighted by Crippen LogP contribution is -2.43. The minimum atomic E-state index is -0.301. The van der Waals surface area contributed by atoms with Gasteiger partial charge in [0.25, 0.3) is 0 Å². The normalized spacial score (nSPS) is 13.2. The smallest absolute Gasteiger partial charge is 0.237 e. The summed E-state index contributed by atoms with van der Waals surface area (Å²) in [5.41, 5.74) is 1.09. The second-order valence-corrected chi connectivity index (χ2v) is 4.31. The number of terminal acetylenes is 1. The molecular formula is C15H20N2O2. The molecule has 4 nitrogen and oxygen atoms in total. The van der Waals surface area contributed by atoms with Crippen molar-refractivity contribution in [2.75, 3.05) is 13.7 Å². The SMILES string of the molecule is C#CCNC(=O)C(C)N[C@@H](C)c1ccc(OC)cc1. The van der Waals surface area contributed by atoms with Gasteiger partial charge in [-0.25, -0.2) is 0 Å². The van der Waals surface area contributed by atoms with Gasteiger partial charge >= 0.3 is 0 Å². The molecule has 0 aromatic heterocycles. The fraction of sp³-hybridized carbons (Fsp3) is 0.400. The lowest BCUT2D eigenvalue weighted by Gasteiger charge is -2.19. The Kier molecular flexibility index (Phi) is 5.91. The molecule has 0 aliphatic heterocycles. The van der Waals surface area contributed by atoms with Gasteiger partial charge in [0.05, 0.1) is 19.7 Å². The van der Waals surface area contributed by atoms with Gasteiger partial charge in [0, 0.05) is 6.04 Å². The maximum Gasteiger partial charge on any atom is 0.237 e. The van der Waals surface area contributed by atoms with E-state index in [1.54, 1.807) is 7.11 Å². The molecule has 1 aromatic carbocycles. The molecule has 0 radical (unpaired) electrons. The molecule has 0 spiro atoms. The Labute approximate surface area is 114 Å². The Balaban J connectivity index is 2.55. The van der Waals surface area contributed by atoms with Gasteiger partial charge in [-0.3, -0.25) is 10.1 Å². The summed E-state index contributed by atoms with van der Waals surface area (Å²) in [4.78, 5) is 11.7. The van der Waals surface area contributed by atoms with E-state index in [0.29, 0.717) is 0 Å². The van der Waals surface area contributed by atoms with Crippen LogP contribution in [-0.2, 0) is 4.79 Å². The highest BCUT2D eigenvalue weighted by atomic mass is 16.5. The minimum Gasteiger partial charge on any atom is -0.497 e. The number of hydrogen-bond acceptors (Lipinski definition) is 3. The van der Waals surface area contributed by atoms with E-state index < -0.39 is 0 Å². The highest BCUT2D eigenvalue weighted by molar-refractivity contribution is 5.81. The van der Waals surface area contributed by atoms with Crippen LogP contribution in [0.3, 0.4) is 0 Å². The molecule has 0 bridgehead atoms. The van der Waals surface area contributed by atoms with Crippen molar-refractivity contribution in [2.45, 2.75) is 25.9 Å². The summed E-state index contributed by atoms with van der Waals surface area (Å²) in [6.45, 7) is 4.07. The highest BCUT2D eigenvalue weighted by Crippen LogP contribution is 2.17. The lowest BCUT2D eigenvalue weighted by molar-refractivity contribution is -0.122. The molecule has 19 heavy (non-hydrogen) atoms. The van der Waals surface area contributed by atoms with Gasteiger partial charge in [-0.2, -0.15) is 0 Å². The monoisotopic (exact) mass is 260 g/mol. The fourth-order valence-electron chi connectivity index (χ4n) is 1.73. The van der Waals surface area contributed by atoms with E-state index in [-0.39, 0.29) is 24.5 Å². The van der Waals surface area contributed by atoms with E-state index in [1.165, 1.54) is 0 Å². The van der Waals surface area contributed by atoms with Gasteiger partial charge in [-0.1, -0.05) is 18.1 Å². The van der Waals surface area contributed by atoms with Crippen LogP contribution in [0.1, 0.15) is 25.5 Å². The third-order valence-electron chi connectivity index (χ3n) is 2.87. The first kappa shape index (κ1) is 15.1. The summed E-state index contributed by atoms with van der Waals surface area (Å²) in [5, 5.41) is 5.87. The second-order valence-electron chi connectivity index (χ2n) is 4.31. The summed E-state index contributed by atoms with van der Waals surface area (Å²) in [6.07, 6.45) is 5.10. The molecular weight excluding hydrogens is 240 g/mol. The molecule has 102 valence electrons. The molecule has 0 heterocycles. The van der Waals surface area contributed by atoms with Crippen LogP contribution in [-0.4, -0.2) is 25.6 Å². The summed E-state index contributed by atoms with van der Waals surface area (Å²) >= 11 is 0. The molecule has 0 aliphatic rings. The van der Waals surface area contributed by atoms with Gasteiger partial charge in [0.2, 0.25) is 5.91 Å². The van der Waals surface area contributed by atoms with E-state index >= 15 is 0 Å². The van der Waals surface area contributed by atoms with Crippen molar-refractivity contribution in [2.24, 2.45) is 0 Å². The van der Waals surface area contributed by atoms with E-state index in [4.69, 9.17) is 11.2 Å². The van der Waals surface area contributed by atoms with Gasteiger partial charge in [0.1, 0.15) is 5.75 Å². The minimum absolute atomic E-state index is 0.0671. The zero-order valence-electron chi connectivity index (χ0n) is 11.6. The van der Waals surface area contributed by atoms with Crippen LogP contribution in [0, 0.1) is 12.3 Å². The molecule has 0 aliphatic carbocycles. The standard InChI is InChI=1S/C15H20N2O2/c1-5-10-16-15(18)12(3)17-11(2)13-6-8-14(19-4)9-7-13/h1,6-9,11-12,17H,10H2,2-4H3,(H,16,18)/t11-,12?/m0/s1. The first-order valence-corrected chi connectivity index (χ1v) is 6.19. The van der Waals surface area contributed by atoms with Gasteiger partial charge in [-0.05, 0) is 31.5 Å². The topological polar surface area (TPSA) is 50.4 Å². The third-order valence-corrected chi connectivity index (χ3v) is 2.87. The number of methoxy groups -OCH3 is 1. The summed E-state index contributed by atoms with van der Waals surface area (Å²) in [5.74, 6) is 3.09. The summed E-state index contributed by atoms with van der Waals surface area (Å²) in [6, 6.07) is 7.51. The number of amides is 1. The van der Waals surface area contributed by atoms with Crippen molar-refractivity contribution >= 4 is 5.91 Å². The first-order chi connectivity index (χ1) is 9.08. The number of ether oxygens (including phenoxy) is 1. The molecule has 0 saturated heterocycles. The number of benzene rings is 1. The Morgan fingerprint density at radius 3 is 2.53 bits per heavy atom. The maximum atomic E-state index is 11.7. The largest absolute Gasteiger partial charge is 0.497 e. The number of nitrogens with one attached hydrogen (secondary N) is 2. The summed E-state index contributed by atoms with van der Waals surface area (Å²) in [7, 11) is 1.63. The van der Waals surface area contributed by atoms with Crippen LogP contribution >= 0.6 is 0 Å². The number of carbonyl (C=O) groups excluding carboxylic acids is 1. The molecule has 4 heteroatoms. The fourth-order valence-corrected chi connectivity index (χ4v) is 1.73. The van der Waals surface area contributed by atoms with Crippen molar-refractivity contribution < 1.29 is 9.53 Å². The molecule has 1 unspecified atom stereocenters. The zero-order valence-corrected chi connectivity index (χ0v) is 11.6. The van der Waals surface area contributed by atoms with E-state index in [0.717, 1.165) is 11.3 Å². The van der Waals surface area contributed by atoms with Gasteiger partial charge < -0.3 is 10.1 Å². The van der Waals surface area contributed by atoms with E-state index in [2.05, 4.69) is 16.6 Å². The molecule has 2 atom stereocenters. The molecule has 0 saturated carbocycles. The van der Waals surface area contributed by atoms with Crippen LogP contribution in [0.4, 0.5) is 0 Å². The number of carbonyl (C=O) groups is 1. The predicted molar refractivity (Wildman–Crippen MR) is 75.8 cm³/mol. The Bertz CT molecular complexity index is 448. The zero-order chi connectivity index (χ0) is 14.3. The van der Waals surface area contributed by atoms with Crippen molar-refractivity contribution in [1.29, 1.82) is 0 Å². The molecule has 0 fully saturated rings.